The number of hydrogen-bond acceptors (Lipinski definition) is 2. The molecule has 102 valence electrons. The minimum Gasteiger partial charge on any atom is -0.313 e. The summed E-state index contributed by atoms with van der Waals surface area (Å²) in [4.78, 5) is 1.08. The van der Waals surface area contributed by atoms with E-state index in [0.29, 0.717) is 12.5 Å². The van der Waals surface area contributed by atoms with Gasteiger partial charge in [-0.3, -0.25) is 0 Å². The first kappa shape index (κ1) is 15.5. The number of halogens is 1. The number of rotatable bonds is 8. The Morgan fingerprint density at radius 1 is 1.33 bits per heavy atom. The van der Waals surface area contributed by atoms with E-state index in [1.165, 1.54) is 6.42 Å². The molecule has 18 heavy (non-hydrogen) atoms. The van der Waals surface area contributed by atoms with Gasteiger partial charge in [0.25, 0.3) is 0 Å². The van der Waals surface area contributed by atoms with Crippen molar-refractivity contribution in [1.29, 1.82) is 0 Å². The minimum atomic E-state index is -0.0897. The van der Waals surface area contributed by atoms with E-state index < -0.39 is 0 Å². The monoisotopic (exact) mass is 269 g/mol. The molecular weight excluding hydrogens is 245 g/mol. The second kappa shape index (κ2) is 8.54. The van der Waals surface area contributed by atoms with Crippen molar-refractivity contribution in [3.63, 3.8) is 0 Å². The van der Waals surface area contributed by atoms with Crippen molar-refractivity contribution in [1.82, 2.24) is 5.32 Å². The van der Waals surface area contributed by atoms with E-state index in [1.807, 2.05) is 6.07 Å². The highest BCUT2D eigenvalue weighted by molar-refractivity contribution is 7.99. The summed E-state index contributed by atoms with van der Waals surface area (Å²) in [6.07, 6.45) is 2.24. The molecular formula is C15H24FNS. The minimum absolute atomic E-state index is 0.0897. The van der Waals surface area contributed by atoms with Gasteiger partial charge < -0.3 is 5.32 Å². The topological polar surface area (TPSA) is 12.0 Å². The van der Waals surface area contributed by atoms with Crippen LogP contribution in [0.3, 0.4) is 0 Å². The smallest absolute Gasteiger partial charge is 0.128 e. The van der Waals surface area contributed by atoms with Crippen molar-refractivity contribution in [2.75, 3.05) is 12.3 Å². The molecule has 0 bridgehead atoms. The zero-order valence-electron chi connectivity index (χ0n) is 11.6. The predicted molar refractivity (Wildman–Crippen MR) is 78.6 cm³/mol. The van der Waals surface area contributed by atoms with Crippen LogP contribution in [0, 0.1) is 11.7 Å². The van der Waals surface area contributed by atoms with Gasteiger partial charge >= 0.3 is 0 Å². The highest BCUT2D eigenvalue weighted by Gasteiger charge is 2.08. The summed E-state index contributed by atoms with van der Waals surface area (Å²) in [5.41, 5.74) is 0.819. The van der Waals surface area contributed by atoms with Gasteiger partial charge in [0, 0.05) is 17.0 Å². The fourth-order valence-electron chi connectivity index (χ4n) is 1.64. The van der Waals surface area contributed by atoms with Crippen LogP contribution in [0.25, 0.3) is 0 Å². The Labute approximate surface area is 115 Å². The van der Waals surface area contributed by atoms with Crippen LogP contribution in [-0.2, 0) is 6.54 Å². The van der Waals surface area contributed by atoms with Crippen LogP contribution < -0.4 is 5.32 Å². The molecule has 0 saturated heterocycles. The van der Waals surface area contributed by atoms with E-state index in [9.17, 15) is 4.39 Å². The molecule has 1 nitrogen and oxygen atoms in total. The molecule has 1 aromatic carbocycles. The van der Waals surface area contributed by atoms with E-state index in [-0.39, 0.29) is 5.82 Å². The van der Waals surface area contributed by atoms with Crippen LogP contribution in [0.15, 0.2) is 23.1 Å². The Hall–Kier alpha value is -0.540. The van der Waals surface area contributed by atoms with Crippen LogP contribution in [-0.4, -0.2) is 12.3 Å². The maximum atomic E-state index is 13.8. The largest absolute Gasteiger partial charge is 0.313 e. The number of benzene rings is 1. The Morgan fingerprint density at radius 2 is 2.11 bits per heavy atom. The zero-order valence-corrected chi connectivity index (χ0v) is 12.4. The fourth-order valence-corrected chi connectivity index (χ4v) is 2.97. The molecule has 0 aliphatic heterocycles. The van der Waals surface area contributed by atoms with Gasteiger partial charge in [-0.25, -0.2) is 4.39 Å². The van der Waals surface area contributed by atoms with Crippen LogP contribution in [0.1, 0.15) is 39.2 Å². The lowest BCUT2D eigenvalue weighted by atomic mass is 10.2. The molecule has 0 aliphatic carbocycles. The third-order valence-electron chi connectivity index (χ3n) is 2.76. The summed E-state index contributed by atoms with van der Waals surface area (Å²) in [6, 6.07) is 5.38. The van der Waals surface area contributed by atoms with Gasteiger partial charge in [0.15, 0.2) is 0 Å². The second-order valence-electron chi connectivity index (χ2n) is 4.92. The van der Waals surface area contributed by atoms with Crippen LogP contribution in [0.2, 0.25) is 0 Å². The first-order valence-corrected chi connectivity index (χ1v) is 7.74. The normalized spacial score (nSPS) is 11.2. The summed E-state index contributed by atoms with van der Waals surface area (Å²) in [6.45, 7) is 8.12. The summed E-state index contributed by atoms with van der Waals surface area (Å²) >= 11 is 1.77. The average molecular weight is 269 g/mol. The number of nitrogens with one attached hydrogen (secondary N) is 1. The zero-order chi connectivity index (χ0) is 13.4. The fraction of sp³-hybridized carbons (Fsp3) is 0.600. The molecule has 0 heterocycles. The van der Waals surface area contributed by atoms with Crippen LogP contribution in [0.5, 0.6) is 0 Å². The van der Waals surface area contributed by atoms with Crippen LogP contribution >= 0.6 is 11.8 Å². The third kappa shape index (κ3) is 5.40. The van der Waals surface area contributed by atoms with Gasteiger partial charge in [-0.15, -0.1) is 11.8 Å². The lowest BCUT2D eigenvalue weighted by Crippen LogP contribution is -2.15. The molecule has 1 aromatic rings. The molecule has 3 heteroatoms. The Morgan fingerprint density at radius 3 is 2.78 bits per heavy atom. The Balaban J connectivity index is 2.61. The molecule has 1 rings (SSSR count). The first-order chi connectivity index (χ1) is 8.65. The second-order valence-corrected chi connectivity index (χ2v) is 6.06. The Bertz CT molecular complexity index is 352. The van der Waals surface area contributed by atoms with Crippen LogP contribution in [0.4, 0.5) is 4.39 Å². The van der Waals surface area contributed by atoms with Gasteiger partial charge in [0.05, 0.1) is 0 Å². The van der Waals surface area contributed by atoms with E-state index in [1.54, 1.807) is 23.9 Å². The first-order valence-electron chi connectivity index (χ1n) is 6.76. The predicted octanol–water partition coefficient (Wildman–Crippen LogP) is 4.46. The lowest BCUT2D eigenvalue weighted by Gasteiger charge is -2.11. The summed E-state index contributed by atoms with van der Waals surface area (Å²) < 4.78 is 13.8. The molecule has 0 spiro atoms. The van der Waals surface area contributed by atoms with Gasteiger partial charge in [-0.05, 0) is 43.2 Å². The molecule has 0 unspecified atom stereocenters. The van der Waals surface area contributed by atoms with Crippen molar-refractivity contribution >= 4 is 11.8 Å². The standard InChI is InChI=1S/C15H24FNS/c1-4-9-17-11-13-14(16)6-5-7-15(13)18-10-8-12(2)3/h5-7,12,17H,4,8-11H2,1-3H3. The summed E-state index contributed by atoms with van der Waals surface area (Å²) in [5.74, 6) is 1.67. The molecule has 0 aromatic heterocycles. The number of thioether (sulfide) groups is 1. The van der Waals surface area contributed by atoms with Gasteiger partial charge in [-0.1, -0.05) is 26.8 Å². The van der Waals surface area contributed by atoms with Crippen molar-refractivity contribution in [3.05, 3.63) is 29.6 Å². The molecule has 0 saturated carbocycles. The number of hydrogen-bond donors (Lipinski definition) is 1. The van der Waals surface area contributed by atoms with E-state index in [4.69, 9.17) is 0 Å². The highest BCUT2D eigenvalue weighted by Crippen LogP contribution is 2.26. The third-order valence-corrected chi connectivity index (χ3v) is 3.89. The molecule has 0 aliphatic rings. The van der Waals surface area contributed by atoms with Gasteiger partial charge in [0.2, 0.25) is 0 Å². The average Bonchev–Trinajstić information content (AvgIpc) is 2.32. The quantitative estimate of drug-likeness (QED) is 0.552. The maximum absolute atomic E-state index is 13.8. The van der Waals surface area contributed by atoms with Crippen molar-refractivity contribution in [2.45, 2.75) is 45.1 Å². The van der Waals surface area contributed by atoms with Crippen molar-refractivity contribution < 1.29 is 4.39 Å². The molecule has 1 N–H and O–H groups in total. The summed E-state index contributed by atoms with van der Waals surface area (Å²) in [7, 11) is 0. The van der Waals surface area contributed by atoms with Crippen molar-refractivity contribution in [2.24, 2.45) is 5.92 Å². The maximum Gasteiger partial charge on any atom is 0.128 e. The van der Waals surface area contributed by atoms with E-state index in [0.717, 1.165) is 29.2 Å². The lowest BCUT2D eigenvalue weighted by molar-refractivity contribution is 0.578. The van der Waals surface area contributed by atoms with E-state index >= 15 is 0 Å². The summed E-state index contributed by atoms with van der Waals surface area (Å²) in [5, 5.41) is 3.28. The van der Waals surface area contributed by atoms with Gasteiger partial charge in [0.1, 0.15) is 5.82 Å². The van der Waals surface area contributed by atoms with Crippen molar-refractivity contribution in [3.8, 4) is 0 Å². The Kier molecular flexibility index (Phi) is 7.36. The molecule has 0 amide bonds. The molecule has 0 atom stereocenters. The molecule has 0 radical (unpaired) electrons. The molecule has 0 fully saturated rings. The SMILES string of the molecule is CCCNCc1c(F)cccc1SCCC(C)C. The van der Waals surface area contributed by atoms with Gasteiger partial charge in [-0.2, -0.15) is 0 Å². The van der Waals surface area contributed by atoms with E-state index in [2.05, 4.69) is 26.1 Å². The highest BCUT2D eigenvalue weighted by atomic mass is 32.2.